The molecule has 0 saturated heterocycles. The number of amides is 2. The smallest absolute Gasteiger partial charge is 0.398 e. The van der Waals surface area contributed by atoms with Crippen molar-refractivity contribution in [2.45, 2.75) is 31.1 Å². The fourth-order valence-electron chi connectivity index (χ4n) is 4.41. The number of carbonyl (C=O) groups is 2. The Hall–Kier alpha value is -3.81. The summed E-state index contributed by atoms with van der Waals surface area (Å²) in [5, 5.41) is 0. The van der Waals surface area contributed by atoms with Gasteiger partial charge < -0.3 is 16.4 Å². The maximum absolute atomic E-state index is 13.8. The van der Waals surface area contributed by atoms with Crippen molar-refractivity contribution < 1.29 is 22.8 Å². The highest BCUT2D eigenvalue weighted by molar-refractivity contribution is 6.01. The van der Waals surface area contributed by atoms with Crippen LogP contribution in [0.5, 0.6) is 0 Å². The molecule has 3 aromatic rings. The molecule has 0 bridgehead atoms. The molecule has 0 aromatic heterocycles. The van der Waals surface area contributed by atoms with E-state index in [0.29, 0.717) is 29.5 Å². The van der Waals surface area contributed by atoms with Gasteiger partial charge in [0.1, 0.15) is 6.04 Å². The standard InChI is InChI=1S/C25H22F3N3O2/c26-25(27,28)17-12-10-15-11-13-21(19(15)14-17)31(24(33)18-8-4-5-9-20(18)29)22(23(30)32)16-6-2-1-3-7-16/h1-10,12,14,21-22H,11,13,29H2,(H2,30,32)/t21-,22?/m1/s1. The van der Waals surface area contributed by atoms with Crippen LogP contribution in [0.4, 0.5) is 18.9 Å². The quantitative estimate of drug-likeness (QED) is 0.552. The van der Waals surface area contributed by atoms with Crippen LogP contribution in [0.3, 0.4) is 0 Å². The van der Waals surface area contributed by atoms with Crippen molar-refractivity contribution in [3.05, 3.63) is 101 Å². The van der Waals surface area contributed by atoms with E-state index >= 15 is 0 Å². The summed E-state index contributed by atoms with van der Waals surface area (Å²) in [6, 6.07) is 16.4. The lowest BCUT2D eigenvalue weighted by molar-refractivity contribution is -0.137. The second-order valence-corrected chi connectivity index (χ2v) is 7.98. The molecule has 0 radical (unpaired) electrons. The molecule has 1 unspecified atom stereocenters. The largest absolute Gasteiger partial charge is 0.416 e. The molecule has 33 heavy (non-hydrogen) atoms. The molecule has 3 aromatic carbocycles. The van der Waals surface area contributed by atoms with Crippen molar-refractivity contribution in [2.75, 3.05) is 5.73 Å². The number of alkyl halides is 3. The van der Waals surface area contributed by atoms with E-state index in [1.165, 1.54) is 17.0 Å². The third-order valence-electron chi connectivity index (χ3n) is 5.94. The van der Waals surface area contributed by atoms with E-state index in [4.69, 9.17) is 11.5 Å². The fraction of sp³-hybridized carbons (Fsp3) is 0.200. The summed E-state index contributed by atoms with van der Waals surface area (Å²) in [6.45, 7) is 0. The van der Waals surface area contributed by atoms with Gasteiger partial charge in [-0.05, 0) is 53.8 Å². The Labute approximate surface area is 188 Å². The molecule has 4 rings (SSSR count). The highest BCUT2D eigenvalue weighted by Gasteiger charge is 2.41. The molecule has 5 nitrogen and oxygen atoms in total. The van der Waals surface area contributed by atoms with Crippen LogP contribution in [0.1, 0.15) is 51.1 Å². The van der Waals surface area contributed by atoms with E-state index in [-0.39, 0.29) is 11.3 Å². The number of halogens is 3. The van der Waals surface area contributed by atoms with Gasteiger partial charge in [0.05, 0.1) is 17.2 Å². The van der Waals surface area contributed by atoms with E-state index in [0.717, 1.165) is 12.1 Å². The number of nitrogens with two attached hydrogens (primary N) is 2. The predicted molar refractivity (Wildman–Crippen MR) is 118 cm³/mol. The van der Waals surface area contributed by atoms with Crippen molar-refractivity contribution in [3.8, 4) is 0 Å². The number of fused-ring (bicyclic) bond motifs is 1. The van der Waals surface area contributed by atoms with Gasteiger partial charge in [-0.1, -0.05) is 48.5 Å². The van der Waals surface area contributed by atoms with Gasteiger partial charge in [0.25, 0.3) is 5.91 Å². The third kappa shape index (κ3) is 4.28. The Morgan fingerprint density at radius 2 is 1.64 bits per heavy atom. The lowest BCUT2D eigenvalue weighted by atomic mass is 9.96. The third-order valence-corrected chi connectivity index (χ3v) is 5.94. The molecular formula is C25H22F3N3O2. The molecule has 170 valence electrons. The fourth-order valence-corrected chi connectivity index (χ4v) is 4.41. The van der Waals surface area contributed by atoms with Crippen LogP contribution in [0.15, 0.2) is 72.8 Å². The number of nitrogen functional groups attached to an aromatic ring is 1. The van der Waals surface area contributed by atoms with Crippen molar-refractivity contribution in [3.63, 3.8) is 0 Å². The molecule has 2 amide bonds. The molecule has 1 aliphatic rings. The summed E-state index contributed by atoms with van der Waals surface area (Å²) < 4.78 is 40.3. The SMILES string of the molecule is NC(=O)C(c1ccccc1)N(C(=O)c1ccccc1N)[C@@H]1CCc2ccc(C(F)(F)F)cc21. The van der Waals surface area contributed by atoms with Crippen LogP contribution in [0.2, 0.25) is 0 Å². The van der Waals surface area contributed by atoms with Gasteiger partial charge in [0.2, 0.25) is 5.91 Å². The molecule has 0 fully saturated rings. The maximum Gasteiger partial charge on any atom is 0.416 e. The van der Waals surface area contributed by atoms with E-state index in [9.17, 15) is 22.8 Å². The summed E-state index contributed by atoms with van der Waals surface area (Å²) in [5.41, 5.74) is 12.9. The van der Waals surface area contributed by atoms with Crippen LogP contribution >= 0.6 is 0 Å². The Morgan fingerprint density at radius 1 is 0.970 bits per heavy atom. The van der Waals surface area contributed by atoms with E-state index in [2.05, 4.69) is 0 Å². The Balaban J connectivity index is 1.89. The Bertz CT molecular complexity index is 1200. The number of primary amides is 1. The summed E-state index contributed by atoms with van der Waals surface area (Å²) in [4.78, 5) is 27.7. The van der Waals surface area contributed by atoms with Crippen LogP contribution < -0.4 is 11.5 Å². The first-order valence-corrected chi connectivity index (χ1v) is 10.4. The maximum atomic E-state index is 13.8. The molecule has 8 heteroatoms. The van der Waals surface area contributed by atoms with Gasteiger partial charge in [-0.3, -0.25) is 9.59 Å². The van der Waals surface area contributed by atoms with Crippen LogP contribution in [-0.2, 0) is 17.4 Å². The number of benzene rings is 3. The zero-order valence-corrected chi connectivity index (χ0v) is 17.5. The molecule has 0 aliphatic heterocycles. The lowest BCUT2D eigenvalue weighted by Crippen LogP contribution is -2.43. The van der Waals surface area contributed by atoms with Gasteiger partial charge in [-0.2, -0.15) is 13.2 Å². The number of rotatable bonds is 5. The number of aryl methyl sites for hydroxylation is 1. The van der Waals surface area contributed by atoms with Crippen molar-refractivity contribution >= 4 is 17.5 Å². The molecule has 0 spiro atoms. The first-order valence-electron chi connectivity index (χ1n) is 10.4. The van der Waals surface area contributed by atoms with Crippen molar-refractivity contribution in [1.82, 2.24) is 4.90 Å². The van der Waals surface area contributed by atoms with E-state index in [1.54, 1.807) is 48.5 Å². The van der Waals surface area contributed by atoms with E-state index in [1.807, 2.05) is 0 Å². The molecule has 2 atom stereocenters. The Kier molecular flexibility index (Phi) is 5.84. The van der Waals surface area contributed by atoms with Crippen molar-refractivity contribution in [1.29, 1.82) is 0 Å². The van der Waals surface area contributed by atoms with Crippen LogP contribution in [-0.4, -0.2) is 16.7 Å². The lowest BCUT2D eigenvalue weighted by Gasteiger charge is -2.36. The molecule has 0 heterocycles. The van der Waals surface area contributed by atoms with Crippen LogP contribution in [0, 0.1) is 0 Å². The molecule has 4 N–H and O–H groups in total. The van der Waals surface area contributed by atoms with Crippen molar-refractivity contribution in [2.24, 2.45) is 5.73 Å². The summed E-state index contributed by atoms with van der Waals surface area (Å²) in [6.07, 6.45) is -3.72. The first-order chi connectivity index (χ1) is 15.7. The van der Waals surface area contributed by atoms with Gasteiger partial charge in [0.15, 0.2) is 0 Å². The first kappa shape index (κ1) is 22.4. The number of nitrogens with zero attached hydrogens (tertiary/aromatic N) is 1. The summed E-state index contributed by atoms with van der Waals surface area (Å²) in [7, 11) is 0. The van der Waals surface area contributed by atoms with Gasteiger partial charge >= 0.3 is 6.18 Å². The highest BCUT2D eigenvalue weighted by atomic mass is 19.4. The average molecular weight is 453 g/mol. The van der Waals surface area contributed by atoms with Gasteiger partial charge in [-0.15, -0.1) is 0 Å². The zero-order chi connectivity index (χ0) is 23.8. The molecular weight excluding hydrogens is 431 g/mol. The topological polar surface area (TPSA) is 89.4 Å². The zero-order valence-electron chi connectivity index (χ0n) is 17.5. The van der Waals surface area contributed by atoms with E-state index < -0.39 is 35.6 Å². The summed E-state index contributed by atoms with van der Waals surface area (Å²) >= 11 is 0. The van der Waals surface area contributed by atoms with Gasteiger partial charge in [-0.25, -0.2) is 0 Å². The second-order valence-electron chi connectivity index (χ2n) is 7.98. The molecule has 1 aliphatic carbocycles. The minimum Gasteiger partial charge on any atom is -0.398 e. The van der Waals surface area contributed by atoms with Gasteiger partial charge in [0, 0.05) is 5.69 Å². The monoisotopic (exact) mass is 453 g/mol. The summed E-state index contributed by atoms with van der Waals surface area (Å²) in [5.74, 6) is -1.36. The number of hydrogen-bond acceptors (Lipinski definition) is 3. The Morgan fingerprint density at radius 3 is 2.27 bits per heavy atom. The van der Waals surface area contributed by atoms with Crippen LogP contribution in [0.25, 0.3) is 0 Å². The molecule has 0 saturated carbocycles. The number of anilines is 1. The highest BCUT2D eigenvalue weighted by Crippen LogP contribution is 2.43. The second kappa shape index (κ2) is 8.61. The normalized spacial score (nSPS) is 16.2. The average Bonchev–Trinajstić information content (AvgIpc) is 3.20. The number of para-hydroxylation sites is 1. The minimum atomic E-state index is -4.54. The predicted octanol–water partition coefficient (Wildman–Crippen LogP) is 4.64. The number of carbonyl (C=O) groups excluding carboxylic acids is 2. The number of hydrogen-bond donors (Lipinski definition) is 2. The minimum absolute atomic E-state index is 0.153.